The van der Waals surface area contributed by atoms with Crippen LogP contribution in [0.2, 0.25) is 0 Å². The van der Waals surface area contributed by atoms with Gasteiger partial charge in [0, 0.05) is 6.92 Å². The first-order valence-electron chi connectivity index (χ1n) is 6.07. The molecular formula is C13H23NO3. The Labute approximate surface area is 103 Å². The molecule has 4 nitrogen and oxygen atoms in total. The van der Waals surface area contributed by atoms with Crippen molar-refractivity contribution >= 4 is 11.9 Å². The van der Waals surface area contributed by atoms with Gasteiger partial charge in [0.25, 0.3) is 0 Å². The van der Waals surface area contributed by atoms with Crippen LogP contribution in [-0.2, 0) is 14.3 Å². The molecule has 0 unspecified atom stereocenters. The molecule has 1 atom stereocenters. The highest BCUT2D eigenvalue weighted by molar-refractivity contribution is 5.83. The number of rotatable bonds is 9. The number of carbonyl (C=O) groups excluding carboxylic acids is 2. The maximum atomic E-state index is 11.4. The molecular weight excluding hydrogens is 218 g/mol. The molecule has 0 aromatic heterocycles. The monoisotopic (exact) mass is 241 g/mol. The van der Waals surface area contributed by atoms with Crippen molar-refractivity contribution in [3.63, 3.8) is 0 Å². The standard InChI is InChI=1S/C13H23NO3/c1-4-5-6-7-8-9-10-12(13(16)17-3)14-11(2)15/h4,12H,1,5-10H2,2-3H3,(H,14,15)/t12-/m1/s1. The minimum absolute atomic E-state index is 0.202. The number of ether oxygens (including phenoxy) is 1. The Bertz CT molecular complexity index is 251. The van der Waals surface area contributed by atoms with Crippen LogP contribution in [-0.4, -0.2) is 25.0 Å². The molecule has 1 amide bonds. The molecule has 0 saturated heterocycles. The van der Waals surface area contributed by atoms with E-state index in [-0.39, 0.29) is 11.9 Å². The molecule has 1 N–H and O–H groups in total. The number of amides is 1. The minimum Gasteiger partial charge on any atom is -0.467 e. The quantitative estimate of drug-likeness (QED) is 0.382. The van der Waals surface area contributed by atoms with E-state index < -0.39 is 6.04 Å². The number of carbonyl (C=O) groups is 2. The topological polar surface area (TPSA) is 55.4 Å². The second-order valence-corrected chi connectivity index (χ2v) is 4.06. The van der Waals surface area contributed by atoms with Crippen molar-refractivity contribution in [1.82, 2.24) is 5.32 Å². The van der Waals surface area contributed by atoms with E-state index in [0.29, 0.717) is 6.42 Å². The largest absolute Gasteiger partial charge is 0.467 e. The van der Waals surface area contributed by atoms with E-state index in [0.717, 1.165) is 32.1 Å². The first-order chi connectivity index (χ1) is 8.11. The Morgan fingerprint density at radius 1 is 1.29 bits per heavy atom. The van der Waals surface area contributed by atoms with Crippen LogP contribution in [0.5, 0.6) is 0 Å². The van der Waals surface area contributed by atoms with Crippen LogP contribution in [0.1, 0.15) is 45.4 Å². The van der Waals surface area contributed by atoms with E-state index in [1.165, 1.54) is 14.0 Å². The van der Waals surface area contributed by atoms with E-state index in [1.54, 1.807) is 0 Å². The molecule has 0 aliphatic carbocycles. The molecule has 0 aliphatic heterocycles. The number of unbranched alkanes of at least 4 members (excludes halogenated alkanes) is 4. The third-order valence-electron chi connectivity index (χ3n) is 2.51. The Morgan fingerprint density at radius 3 is 2.47 bits per heavy atom. The van der Waals surface area contributed by atoms with E-state index in [9.17, 15) is 9.59 Å². The molecule has 0 fully saturated rings. The summed E-state index contributed by atoms with van der Waals surface area (Å²) in [6.45, 7) is 5.07. The van der Waals surface area contributed by atoms with Gasteiger partial charge >= 0.3 is 5.97 Å². The van der Waals surface area contributed by atoms with E-state index in [4.69, 9.17) is 0 Å². The van der Waals surface area contributed by atoms with Crippen molar-refractivity contribution in [3.05, 3.63) is 12.7 Å². The highest BCUT2D eigenvalue weighted by Gasteiger charge is 2.18. The second-order valence-electron chi connectivity index (χ2n) is 4.06. The van der Waals surface area contributed by atoms with Crippen molar-refractivity contribution in [2.24, 2.45) is 0 Å². The molecule has 0 spiro atoms. The highest BCUT2D eigenvalue weighted by Crippen LogP contribution is 2.08. The van der Waals surface area contributed by atoms with Crippen LogP contribution in [0.25, 0.3) is 0 Å². The molecule has 0 aromatic carbocycles. The van der Waals surface area contributed by atoms with Crippen molar-refractivity contribution in [2.75, 3.05) is 7.11 Å². The fourth-order valence-electron chi connectivity index (χ4n) is 1.63. The van der Waals surface area contributed by atoms with Crippen LogP contribution in [0.4, 0.5) is 0 Å². The van der Waals surface area contributed by atoms with E-state index in [1.807, 2.05) is 6.08 Å². The van der Waals surface area contributed by atoms with Gasteiger partial charge in [-0.2, -0.15) is 0 Å². The van der Waals surface area contributed by atoms with Crippen molar-refractivity contribution in [1.29, 1.82) is 0 Å². The van der Waals surface area contributed by atoms with Crippen LogP contribution < -0.4 is 5.32 Å². The van der Waals surface area contributed by atoms with Gasteiger partial charge in [0.2, 0.25) is 5.91 Å². The number of methoxy groups -OCH3 is 1. The zero-order valence-corrected chi connectivity index (χ0v) is 10.8. The molecule has 0 aliphatic rings. The molecule has 98 valence electrons. The summed E-state index contributed by atoms with van der Waals surface area (Å²) in [5.74, 6) is -0.571. The normalized spacial score (nSPS) is 11.6. The smallest absolute Gasteiger partial charge is 0.328 e. The number of esters is 1. The zero-order valence-electron chi connectivity index (χ0n) is 10.8. The summed E-state index contributed by atoms with van der Waals surface area (Å²) >= 11 is 0. The number of allylic oxidation sites excluding steroid dienone is 1. The van der Waals surface area contributed by atoms with Gasteiger partial charge in [-0.05, 0) is 19.3 Å². The van der Waals surface area contributed by atoms with Crippen LogP contribution in [0.3, 0.4) is 0 Å². The lowest BCUT2D eigenvalue weighted by molar-refractivity contribution is -0.145. The maximum absolute atomic E-state index is 11.4. The second kappa shape index (κ2) is 9.87. The first kappa shape index (κ1) is 15.7. The Balaban J connectivity index is 3.79. The van der Waals surface area contributed by atoms with Gasteiger partial charge in [-0.3, -0.25) is 4.79 Å². The summed E-state index contributed by atoms with van der Waals surface area (Å²) in [7, 11) is 1.33. The fraction of sp³-hybridized carbons (Fsp3) is 0.692. The van der Waals surface area contributed by atoms with Crippen molar-refractivity contribution < 1.29 is 14.3 Å². The fourth-order valence-corrected chi connectivity index (χ4v) is 1.63. The average Bonchev–Trinajstić information content (AvgIpc) is 2.30. The Hall–Kier alpha value is -1.32. The summed E-state index contributed by atoms with van der Waals surface area (Å²) in [5.41, 5.74) is 0. The number of nitrogens with one attached hydrogen (secondary N) is 1. The van der Waals surface area contributed by atoms with E-state index >= 15 is 0 Å². The molecule has 17 heavy (non-hydrogen) atoms. The first-order valence-corrected chi connectivity index (χ1v) is 6.07. The highest BCUT2D eigenvalue weighted by atomic mass is 16.5. The SMILES string of the molecule is C=CCCCCCC[C@@H](NC(C)=O)C(=O)OC. The molecule has 0 aromatic rings. The average molecular weight is 241 g/mol. The van der Waals surface area contributed by atoms with Crippen molar-refractivity contribution in [3.8, 4) is 0 Å². The summed E-state index contributed by atoms with van der Waals surface area (Å²) in [5, 5.41) is 2.60. The lowest BCUT2D eigenvalue weighted by Gasteiger charge is -2.14. The van der Waals surface area contributed by atoms with Gasteiger partial charge in [-0.25, -0.2) is 4.79 Å². The molecule has 0 bridgehead atoms. The Morgan fingerprint density at radius 2 is 1.94 bits per heavy atom. The lowest BCUT2D eigenvalue weighted by atomic mass is 10.1. The minimum atomic E-state index is -0.503. The molecule has 0 saturated carbocycles. The summed E-state index contributed by atoms with van der Waals surface area (Å²) in [4.78, 5) is 22.3. The Kier molecular flexibility index (Phi) is 9.11. The van der Waals surface area contributed by atoms with Gasteiger partial charge < -0.3 is 10.1 Å². The van der Waals surface area contributed by atoms with Gasteiger partial charge in [0.1, 0.15) is 6.04 Å². The zero-order chi connectivity index (χ0) is 13.1. The number of hydrogen-bond acceptors (Lipinski definition) is 3. The van der Waals surface area contributed by atoms with Gasteiger partial charge in [-0.1, -0.05) is 25.3 Å². The van der Waals surface area contributed by atoms with Crippen LogP contribution >= 0.6 is 0 Å². The van der Waals surface area contributed by atoms with Gasteiger partial charge in [0.05, 0.1) is 7.11 Å². The summed E-state index contributed by atoms with van der Waals surface area (Å²) < 4.78 is 4.64. The summed E-state index contributed by atoms with van der Waals surface area (Å²) in [6.07, 6.45) is 7.81. The molecule has 0 heterocycles. The maximum Gasteiger partial charge on any atom is 0.328 e. The van der Waals surface area contributed by atoms with Crippen LogP contribution in [0.15, 0.2) is 12.7 Å². The predicted molar refractivity (Wildman–Crippen MR) is 67.5 cm³/mol. The summed E-state index contributed by atoms with van der Waals surface area (Å²) in [6, 6.07) is -0.503. The van der Waals surface area contributed by atoms with Gasteiger partial charge in [0.15, 0.2) is 0 Å². The molecule has 4 heteroatoms. The number of hydrogen-bond donors (Lipinski definition) is 1. The molecule has 0 radical (unpaired) electrons. The van der Waals surface area contributed by atoms with Crippen molar-refractivity contribution in [2.45, 2.75) is 51.5 Å². The van der Waals surface area contributed by atoms with Crippen LogP contribution in [0, 0.1) is 0 Å². The van der Waals surface area contributed by atoms with E-state index in [2.05, 4.69) is 16.6 Å². The lowest BCUT2D eigenvalue weighted by Crippen LogP contribution is -2.40. The molecule has 0 rings (SSSR count). The predicted octanol–water partition coefficient (Wildman–Crippen LogP) is 2.19. The van der Waals surface area contributed by atoms with Gasteiger partial charge in [-0.15, -0.1) is 6.58 Å². The third kappa shape index (κ3) is 8.48. The third-order valence-corrected chi connectivity index (χ3v) is 2.51.